The molecule has 3 rings (SSSR count). The van der Waals surface area contributed by atoms with Crippen LogP contribution in [0.25, 0.3) is 10.9 Å². The first-order chi connectivity index (χ1) is 13.1. The van der Waals surface area contributed by atoms with Crippen LogP contribution in [0.2, 0.25) is 0 Å². The molecule has 1 aromatic heterocycles. The first kappa shape index (κ1) is 18.3. The smallest absolute Gasteiger partial charge is 0.338 e. The molecule has 0 aliphatic heterocycles. The summed E-state index contributed by atoms with van der Waals surface area (Å²) in [5, 5.41) is 7.45. The van der Waals surface area contributed by atoms with Crippen molar-refractivity contribution >= 4 is 28.5 Å². The fourth-order valence-corrected chi connectivity index (χ4v) is 2.67. The third-order valence-electron chi connectivity index (χ3n) is 3.99. The molecule has 0 saturated heterocycles. The van der Waals surface area contributed by atoms with E-state index in [-0.39, 0.29) is 17.8 Å². The van der Waals surface area contributed by atoms with Crippen LogP contribution in [0.3, 0.4) is 0 Å². The number of amides is 1. The van der Waals surface area contributed by atoms with Crippen molar-refractivity contribution in [3.05, 3.63) is 70.5 Å². The Hall–Kier alpha value is -3.48. The minimum atomic E-state index is -0.397. The first-order valence-electron chi connectivity index (χ1n) is 8.60. The topological polar surface area (TPSA) is 90.3 Å². The summed E-state index contributed by atoms with van der Waals surface area (Å²) in [5.74, 6) is -0.588. The molecule has 138 valence electrons. The van der Waals surface area contributed by atoms with Gasteiger partial charge in [0, 0.05) is 17.5 Å². The number of anilines is 1. The third kappa shape index (κ3) is 4.38. The molecule has 0 atom stereocenters. The van der Waals surface area contributed by atoms with E-state index in [2.05, 4.69) is 10.4 Å². The predicted molar refractivity (Wildman–Crippen MR) is 102 cm³/mol. The van der Waals surface area contributed by atoms with Gasteiger partial charge in [-0.15, -0.1) is 0 Å². The minimum Gasteiger partial charge on any atom is -0.462 e. The fraction of sp³-hybridized carbons (Fsp3) is 0.200. The lowest BCUT2D eigenvalue weighted by molar-refractivity contribution is -0.116. The molecule has 1 N–H and O–H groups in total. The van der Waals surface area contributed by atoms with Crippen LogP contribution in [-0.4, -0.2) is 28.3 Å². The van der Waals surface area contributed by atoms with Crippen LogP contribution in [0.5, 0.6) is 0 Å². The summed E-state index contributed by atoms with van der Waals surface area (Å²) in [5.41, 5.74) is 1.56. The van der Waals surface area contributed by atoms with Crippen molar-refractivity contribution in [3.8, 4) is 0 Å². The first-order valence-corrected chi connectivity index (χ1v) is 8.60. The van der Waals surface area contributed by atoms with Gasteiger partial charge < -0.3 is 10.1 Å². The number of para-hydroxylation sites is 1. The van der Waals surface area contributed by atoms with E-state index in [0.717, 1.165) is 0 Å². The van der Waals surface area contributed by atoms with Crippen LogP contribution in [0, 0.1) is 0 Å². The highest BCUT2D eigenvalue weighted by molar-refractivity contribution is 5.93. The van der Waals surface area contributed by atoms with Crippen molar-refractivity contribution in [3.63, 3.8) is 0 Å². The Bertz CT molecular complexity index is 1030. The van der Waals surface area contributed by atoms with Gasteiger partial charge in [-0.1, -0.05) is 12.1 Å². The van der Waals surface area contributed by atoms with Gasteiger partial charge in [0.15, 0.2) is 0 Å². The molecule has 2 aromatic carbocycles. The van der Waals surface area contributed by atoms with E-state index in [1.54, 1.807) is 54.1 Å². The monoisotopic (exact) mass is 365 g/mol. The Morgan fingerprint density at radius 2 is 1.85 bits per heavy atom. The maximum absolute atomic E-state index is 12.2. The van der Waals surface area contributed by atoms with Gasteiger partial charge >= 0.3 is 5.97 Å². The molecule has 7 nitrogen and oxygen atoms in total. The number of fused-ring (bicyclic) bond motifs is 1. The van der Waals surface area contributed by atoms with E-state index in [4.69, 9.17) is 4.74 Å². The van der Waals surface area contributed by atoms with Gasteiger partial charge in [0.05, 0.1) is 30.4 Å². The van der Waals surface area contributed by atoms with Gasteiger partial charge in [-0.3, -0.25) is 14.3 Å². The average Bonchev–Trinajstić information content (AvgIpc) is 2.68. The molecule has 1 amide bonds. The number of hydrogen-bond acceptors (Lipinski definition) is 5. The Labute approximate surface area is 155 Å². The highest BCUT2D eigenvalue weighted by Crippen LogP contribution is 2.12. The summed E-state index contributed by atoms with van der Waals surface area (Å²) >= 11 is 0. The second-order valence-electron chi connectivity index (χ2n) is 5.85. The van der Waals surface area contributed by atoms with Gasteiger partial charge in [-0.25, -0.2) is 4.79 Å². The molecule has 0 spiro atoms. The number of nitrogens with one attached hydrogen (secondary N) is 1. The molecule has 3 aromatic rings. The lowest BCUT2D eigenvalue weighted by Crippen LogP contribution is -2.18. The summed E-state index contributed by atoms with van der Waals surface area (Å²) in [6, 6.07) is 13.7. The normalized spacial score (nSPS) is 10.6. The minimum absolute atomic E-state index is 0.145. The lowest BCUT2D eigenvalue weighted by atomic mass is 10.2. The van der Waals surface area contributed by atoms with E-state index in [1.165, 1.54) is 6.20 Å². The molecule has 0 unspecified atom stereocenters. The Morgan fingerprint density at radius 1 is 1.11 bits per heavy atom. The molecule has 0 fully saturated rings. The maximum Gasteiger partial charge on any atom is 0.338 e. The van der Waals surface area contributed by atoms with E-state index in [1.807, 2.05) is 6.07 Å². The van der Waals surface area contributed by atoms with Crippen molar-refractivity contribution in [2.75, 3.05) is 11.9 Å². The van der Waals surface area contributed by atoms with Crippen LogP contribution < -0.4 is 10.7 Å². The van der Waals surface area contributed by atoms with Gasteiger partial charge in [0.2, 0.25) is 11.3 Å². The number of benzene rings is 2. The highest BCUT2D eigenvalue weighted by atomic mass is 16.5. The zero-order chi connectivity index (χ0) is 19.2. The largest absolute Gasteiger partial charge is 0.462 e. The summed E-state index contributed by atoms with van der Waals surface area (Å²) in [7, 11) is 0. The highest BCUT2D eigenvalue weighted by Gasteiger charge is 2.09. The van der Waals surface area contributed by atoms with Crippen molar-refractivity contribution in [1.82, 2.24) is 9.78 Å². The third-order valence-corrected chi connectivity index (χ3v) is 3.99. The molecule has 0 aliphatic rings. The number of aromatic nitrogens is 2. The number of esters is 1. The van der Waals surface area contributed by atoms with Gasteiger partial charge in [0.1, 0.15) is 0 Å². The van der Waals surface area contributed by atoms with Crippen molar-refractivity contribution in [1.29, 1.82) is 0 Å². The Morgan fingerprint density at radius 3 is 2.59 bits per heavy atom. The summed E-state index contributed by atoms with van der Waals surface area (Å²) in [4.78, 5) is 35.7. The van der Waals surface area contributed by atoms with Crippen LogP contribution in [0.1, 0.15) is 23.7 Å². The zero-order valence-corrected chi connectivity index (χ0v) is 14.8. The van der Waals surface area contributed by atoms with Gasteiger partial charge in [-0.2, -0.15) is 5.10 Å². The molecular formula is C20H19N3O4. The average molecular weight is 365 g/mol. The van der Waals surface area contributed by atoms with Crippen LogP contribution in [0.15, 0.2) is 59.5 Å². The van der Waals surface area contributed by atoms with Crippen molar-refractivity contribution in [2.24, 2.45) is 0 Å². The number of ether oxygens (including phenoxy) is 1. The number of nitrogens with zero attached hydrogens (tertiary/aromatic N) is 2. The molecule has 1 heterocycles. The lowest BCUT2D eigenvalue weighted by Gasteiger charge is -2.10. The second kappa shape index (κ2) is 8.27. The van der Waals surface area contributed by atoms with E-state index < -0.39 is 5.97 Å². The SMILES string of the molecule is CCOC(=O)c1ccc(NC(=O)CCn2ncc(=O)c3ccccc32)cc1. The Balaban J connectivity index is 1.63. The molecule has 0 saturated carbocycles. The Kier molecular flexibility index (Phi) is 5.61. The summed E-state index contributed by atoms with van der Waals surface area (Å²) in [6.45, 7) is 2.39. The molecule has 27 heavy (non-hydrogen) atoms. The number of carbonyl (C=O) groups is 2. The number of rotatable bonds is 6. The maximum atomic E-state index is 12.2. The van der Waals surface area contributed by atoms with Crippen LogP contribution >= 0.6 is 0 Å². The van der Waals surface area contributed by atoms with Gasteiger partial charge in [-0.05, 0) is 43.3 Å². The summed E-state index contributed by atoms with van der Waals surface area (Å²) in [6.07, 6.45) is 1.45. The molecule has 0 bridgehead atoms. The quantitative estimate of drug-likeness (QED) is 0.678. The number of aryl methyl sites for hydroxylation is 1. The van der Waals surface area contributed by atoms with Crippen LogP contribution in [0.4, 0.5) is 5.69 Å². The number of hydrogen-bond donors (Lipinski definition) is 1. The van der Waals surface area contributed by atoms with E-state index >= 15 is 0 Å². The second-order valence-corrected chi connectivity index (χ2v) is 5.85. The van der Waals surface area contributed by atoms with E-state index in [0.29, 0.717) is 35.3 Å². The zero-order valence-electron chi connectivity index (χ0n) is 14.8. The van der Waals surface area contributed by atoms with Crippen molar-refractivity contribution in [2.45, 2.75) is 19.9 Å². The predicted octanol–water partition coefficient (Wildman–Crippen LogP) is 2.60. The standard InChI is InChI=1S/C20H19N3O4/c1-2-27-20(26)14-7-9-15(10-8-14)22-19(25)11-12-23-17-6-4-3-5-16(17)18(24)13-21-23/h3-10,13H,2,11-12H2,1H3,(H,22,25). The molecule has 0 aliphatic carbocycles. The fourth-order valence-electron chi connectivity index (χ4n) is 2.67. The number of carbonyl (C=O) groups excluding carboxylic acids is 2. The summed E-state index contributed by atoms with van der Waals surface area (Å²) < 4.78 is 6.56. The molecule has 7 heteroatoms. The van der Waals surface area contributed by atoms with E-state index in [9.17, 15) is 14.4 Å². The molecular weight excluding hydrogens is 346 g/mol. The molecule has 0 radical (unpaired) electrons. The van der Waals surface area contributed by atoms with Crippen LogP contribution in [-0.2, 0) is 16.1 Å². The van der Waals surface area contributed by atoms with Gasteiger partial charge in [0.25, 0.3) is 0 Å². The van der Waals surface area contributed by atoms with Crippen molar-refractivity contribution < 1.29 is 14.3 Å².